The van der Waals surface area contributed by atoms with Crippen molar-refractivity contribution in [2.45, 2.75) is 6.54 Å². The zero-order chi connectivity index (χ0) is 17.3. The largest absolute Gasteiger partial charge is 0.399 e. The van der Waals surface area contributed by atoms with E-state index in [0.29, 0.717) is 5.69 Å². The van der Waals surface area contributed by atoms with Gasteiger partial charge in [-0.3, -0.25) is 14.7 Å². The summed E-state index contributed by atoms with van der Waals surface area (Å²) in [5.74, 6) is 0.108. The second-order valence-electron chi connectivity index (χ2n) is 5.52. The fourth-order valence-corrected chi connectivity index (χ4v) is 2.25. The van der Waals surface area contributed by atoms with Gasteiger partial charge in [0.25, 0.3) is 5.91 Å². The number of carbonyl (C=O) groups excluding carboxylic acids is 2. The minimum absolute atomic E-state index is 0.00100. The molecule has 0 aliphatic carbocycles. The Hall–Kier alpha value is -3.36. The van der Waals surface area contributed by atoms with Crippen LogP contribution in [-0.2, 0) is 6.54 Å². The van der Waals surface area contributed by atoms with Crippen LogP contribution >= 0.6 is 0 Å². The molecular weight excluding hydrogens is 310 g/mol. The van der Waals surface area contributed by atoms with Crippen LogP contribution in [0.15, 0.2) is 36.7 Å². The molecule has 2 heterocycles. The number of hydrogen-bond acceptors (Lipinski definition) is 5. The standard InChI is InChI=1S/C15H17N7O2/c1-20(2)15(24)17-13-8-21(19-18-13)9-14(23)22-6-5-10-7-11(16)3-4-12(10)22/h3-8H,9,16H2,1-2H3,(H,17,24). The molecule has 0 unspecified atom stereocenters. The van der Waals surface area contributed by atoms with E-state index in [9.17, 15) is 9.59 Å². The zero-order valence-corrected chi connectivity index (χ0v) is 13.3. The van der Waals surface area contributed by atoms with Gasteiger partial charge in [-0.1, -0.05) is 5.21 Å². The third-order valence-electron chi connectivity index (χ3n) is 3.46. The predicted octanol–water partition coefficient (Wildman–Crippen LogP) is 1.25. The van der Waals surface area contributed by atoms with Crippen LogP contribution in [-0.4, -0.2) is 50.5 Å². The van der Waals surface area contributed by atoms with Crippen LogP contribution < -0.4 is 11.1 Å². The Bertz CT molecular complexity index is 910. The number of nitrogens with one attached hydrogen (secondary N) is 1. The molecule has 0 aliphatic rings. The molecule has 9 nitrogen and oxygen atoms in total. The van der Waals surface area contributed by atoms with Crippen LogP contribution in [0.25, 0.3) is 10.9 Å². The van der Waals surface area contributed by atoms with E-state index in [4.69, 9.17) is 5.73 Å². The molecule has 0 radical (unpaired) electrons. The summed E-state index contributed by atoms with van der Waals surface area (Å²) in [5.41, 5.74) is 7.16. The maximum atomic E-state index is 12.5. The second kappa shape index (κ2) is 6.03. The Kier molecular flexibility index (Phi) is 3.90. The first-order valence-corrected chi connectivity index (χ1v) is 7.22. The average Bonchev–Trinajstić information content (AvgIpc) is 3.13. The molecule has 0 saturated heterocycles. The lowest BCUT2D eigenvalue weighted by atomic mass is 10.2. The van der Waals surface area contributed by atoms with Crippen molar-refractivity contribution in [1.82, 2.24) is 24.5 Å². The molecule has 9 heteroatoms. The molecule has 2 amide bonds. The molecule has 0 fully saturated rings. The Labute approximate surface area is 137 Å². The monoisotopic (exact) mass is 327 g/mol. The number of urea groups is 1. The van der Waals surface area contributed by atoms with E-state index in [-0.39, 0.29) is 24.3 Å². The van der Waals surface area contributed by atoms with Gasteiger partial charge in [0.05, 0.1) is 11.7 Å². The topological polar surface area (TPSA) is 111 Å². The summed E-state index contributed by atoms with van der Waals surface area (Å²) in [6.45, 7) is -0.00100. The molecule has 3 rings (SSSR count). The summed E-state index contributed by atoms with van der Waals surface area (Å²) >= 11 is 0. The molecule has 2 aromatic heterocycles. The maximum absolute atomic E-state index is 12.5. The van der Waals surface area contributed by atoms with Crippen molar-refractivity contribution in [2.75, 3.05) is 25.1 Å². The van der Waals surface area contributed by atoms with Gasteiger partial charge >= 0.3 is 6.03 Å². The van der Waals surface area contributed by atoms with Crippen molar-refractivity contribution < 1.29 is 9.59 Å². The van der Waals surface area contributed by atoms with Crippen molar-refractivity contribution in [3.05, 3.63) is 36.7 Å². The quantitative estimate of drug-likeness (QED) is 0.703. The fraction of sp³-hybridized carbons (Fsp3) is 0.200. The van der Waals surface area contributed by atoms with E-state index in [1.165, 1.54) is 20.3 Å². The summed E-state index contributed by atoms with van der Waals surface area (Å²) in [6.07, 6.45) is 3.20. The number of benzene rings is 1. The van der Waals surface area contributed by atoms with E-state index in [0.717, 1.165) is 10.9 Å². The highest BCUT2D eigenvalue weighted by Gasteiger charge is 2.12. The first-order valence-electron chi connectivity index (χ1n) is 7.22. The van der Waals surface area contributed by atoms with E-state index >= 15 is 0 Å². The Morgan fingerprint density at radius 2 is 2.08 bits per heavy atom. The number of amides is 2. The highest BCUT2D eigenvalue weighted by atomic mass is 16.2. The number of anilines is 2. The first kappa shape index (κ1) is 15.5. The molecule has 124 valence electrons. The highest BCUT2D eigenvalue weighted by Crippen LogP contribution is 2.18. The van der Waals surface area contributed by atoms with Gasteiger partial charge in [0, 0.05) is 31.4 Å². The van der Waals surface area contributed by atoms with Crippen LogP contribution in [0, 0.1) is 0 Å². The van der Waals surface area contributed by atoms with Crippen LogP contribution in [0.1, 0.15) is 4.79 Å². The van der Waals surface area contributed by atoms with Gasteiger partial charge in [-0.05, 0) is 24.3 Å². The Balaban J connectivity index is 1.75. The van der Waals surface area contributed by atoms with Gasteiger partial charge in [0.2, 0.25) is 0 Å². The Morgan fingerprint density at radius 3 is 2.83 bits per heavy atom. The number of nitrogens with zero attached hydrogens (tertiary/aromatic N) is 5. The second-order valence-corrected chi connectivity index (χ2v) is 5.52. The van der Waals surface area contributed by atoms with Gasteiger partial charge in [-0.15, -0.1) is 5.10 Å². The number of nitrogens with two attached hydrogens (primary N) is 1. The van der Waals surface area contributed by atoms with E-state index < -0.39 is 0 Å². The lowest BCUT2D eigenvalue weighted by Crippen LogP contribution is -2.27. The van der Waals surface area contributed by atoms with Crippen LogP contribution in [0.3, 0.4) is 0 Å². The van der Waals surface area contributed by atoms with Gasteiger partial charge in [-0.2, -0.15) is 0 Å². The van der Waals surface area contributed by atoms with Crippen LogP contribution in [0.4, 0.5) is 16.3 Å². The maximum Gasteiger partial charge on any atom is 0.322 e. The smallest absolute Gasteiger partial charge is 0.322 e. The van der Waals surface area contributed by atoms with Crippen molar-refractivity contribution in [3.8, 4) is 0 Å². The molecule has 24 heavy (non-hydrogen) atoms. The van der Waals surface area contributed by atoms with Crippen LogP contribution in [0.2, 0.25) is 0 Å². The lowest BCUT2D eigenvalue weighted by molar-refractivity contribution is 0.0891. The molecule has 0 aliphatic heterocycles. The minimum atomic E-state index is -0.317. The molecule has 0 atom stereocenters. The van der Waals surface area contributed by atoms with Gasteiger partial charge < -0.3 is 10.6 Å². The predicted molar refractivity (Wildman–Crippen MR) is 89.7 cm³/mol. The number of carbonyl (C=O) groups is 2. The lowest BCUT2D eigenvalue weighted by Gasteiger charge is -2.09. The molecule has 3 aromatic rings. The summed E-state index contributed by atoms with van der Waals surface area (Å²) in [7, 11) is 3.24. The molecule has 3 N–H and O–H groups in total. The summed E-state index contributed by atoms with van der Waals surface area (Å²) in [6, 6.07) is 6.86. The van der Waals surface area contributed by atoms with Crippen molar-refractivity contribution >= 4 is 34.3 Å². The molecule has 0 saturated carbocycles. The molecule has 1 aromatic carbocycles. The van der Waals surface area contributed by atoms with Crippen LogP contribution in [0.5, 0.6) is 0 Å². The van der Waals surface area contributed by atoms with Gasteiger partial charge in [0.15, 0.2) is 5.82 Å². The highest BCUT2D eigenvalue weighted by molar-refractivity contribution is 5.93. The number of fused-ring (bicyclic) bond motifs is 1. The number of nitrogen functional groups attached to an aromatic ring is 1. The normalized spacial score (nSPS) is 10.8. The zero-order valence-electron chi connectivity index (χ0n) is 13.3. The number of hydrogen-bond donors (Lipinski definition) is 2. The van der Waals surface area contributed by atoms with Gasteiger partial charge in [-0.25, -0.2) is 9.48 Å². The van der Waals surface area contributed by atoms with E-state index in [1.807, 2.05) is 12.1 Å². The molecular formula is C15H17N7O2. The summed E-state index contributed by atoms with van der Waals surface area (Å²) < 4.78 is 2.91. The van der Waals surface area contributed by atoms with Crippen molar-refractivity contribution in [3.63, 3.8) is 0 Å². The molecule has 0 bridgehead atoms. The van der Waals surface area contributed by atoms with Crippen molar-refractivity contribution in [2.24, 2.45) is 0 Å². The summed E-state index contributed by atoms with van der Waals surface area (Å²) in [5, 5.41) is 11.1. The Morgan fingerprint density at radius 1 is 1.29 bits per heavy atom. The first-order chi connectivity index (χ1) is 11.4. The third-order valence-corrected chi connectivity index (χ3v) is 3.46. The number of rotatable bonds is 3. The third kappa shape index (κ3) is 3.05. The average molecular weight is 327 g/mol. The minimum Gasteiger partial charge on any atom is -0.399 e. The van der Waals surface area contributed by atoms with E-state index in [1.54, 1.807) is 32.4 Å². The SMILES string of the molecule is CN(C)C(=O)Nc1cn(CC(=O)n2ccc3cc(N)ccc32)nn1. The van der Waals surface area contributed by atoms with Crippen molar-refractivity contribution in [1.29, 1.82) is 0 Å². The summed E-state index contributed by atoms with van der Waals surface area (Å²) in [4.78, 5) is 25.4. The fourth-order valence-electron chi connectivity index (χ4n) is 2.25. The van der Waals surface area contributed by atoms with E-state index in [2.05, 4.69) is 15.6 Å². The van der Waals surface area contributed by atoms with Gasteiger partial charge in [0.1, 0.15) is 6.54 Å². The number of aromatic nitrogens is 4. The molecule has 0 spiro atoms.